The molecule has 1 aliphatic carbocycles. The average molecular weight is 561 g/mol. The van der Waals surface area contributed by atoms with Gasteiger partial charge in [0.25, 0.3) is 0 Å². The zero-order chi connectivity index (χ0) is 28.2. The van der Waals surface area contributed by atoms with Crippen LogP contribution in [0.15, 0.2) is 47.6 Å². The van der Waals surface area contributed by atoms with Gasteiger partial charge in [-0.3, -0.25) is 4.79 Å². The summed E-state index contributed by atoms with van der Waals surface area (Å²) in [6, 6.07) is 8.81. The summed E-state index contributed by atoms with van der Waals surface area (Å²) in [5.74, 6) is 0.218. The van der Waals surface area contributed by atoms with E-state index in [2.05, 4.69) is 115 Å². The molecule has 3 aliphatic rings. The average Bonchev–Trinajstić information content (AvgIpc) is 3.43. The Balaban J connectivity index is 1.35. The summed E-state index contributed by atoms with van der Waals surface area (Å²) in [6.07, 6.45) is 13.8. The molecule has 0 amide bonds. The number of carbonyl (C=O) groups excluding carboxylic acids is 1. The van der Waals surface area contributed by atoms with Gasteiger partial charge in [0.2, 0.25) is 0 Å². The van der Waals surface area contributed by atoms with Crippen LogP contribution in [0, 0.1) is 0 Å². The summed E-state index contributed by atoms with van der Waals surface area (Å²) >= 11 is 3.60. The van der Waals surface area contributed by atoms with Crippen LogP contribution in [0.5, 0.6) is 0 Å². The van der Waals surface area contributed by atoms with Crippen molar-refractivity contribution in [3.05, 3.63) is 67.1 Å². The van der Waals surface area contributed by atoms with E-state index in [0.717, 1.165) is 48.1 Å². The summed E-state index contributed by atoms with van der Waals surface area (Å²) in [4.78, 5) is 18.5. The van der Waals surface area contributed by atoms with Gasteiger partial charge in [-0.05, 0) is 135 Å². The highest BCUT2D eigenvalue weighted by Gasteiger charge is 2.35. The van der Waals surface area contributed by atoms with Gasteiger partial charge in [-0.15, -0.1) is 22.7 Å². The fraction of sp³-hybridized carbons (Fsp3) is 0.500. The predicted molar refractivity (Wildman–Crippen MR) is 171 cm³/mol. The monoisotopic (exact) mass is 560 g/mol. The van der Waals surface area contributed by atoms with Gasteiger partial charge in [0.05, 0.1) is 0 Å². The van der Waals surface area contributed by atoms with E-state index in [4.69, 9.17) is 0 Å². The Morgan fingerprint density at radius 2 is 1.36 bits per heavy atom. The molecule has 0 saturated heterocycles. The van der Waals surface area contributed by atoms with Crippen molar-refractivity contribution in [1.29, 1.82) is 0 Å². The molecule has 4 heterocycles. The summed E-state index contributed by atoms with van der Waals surface area (Å²) < 4.78 is 0. The second kappa shape index (κ2) is 10.1. The van der Waals surface area contributed by atoms with Crippen LogP contribution in [0.4, 0.5) is 0 Å². The molecule has 5 rings (SSSR count). The lowest BCUT2D eigenvalue weighted by molar-refractivity contribution is -0.112. The number of allylic oxidation sites excluding steroid dienone is 2. The van der Waals surface area contributed by atoms with Gasteiger partial charge in [0.15, 0.2) is 5.78 Å². The van der Waals surface area contributed by atoms with E-state index < -0.39 is 0 Å². The first-order valence-corrected chi connectivity index (χ1v) is 15.9. The highest BCUT2D eigenvalue weighted by Crippen LogP contribution is 2.40. The maximum Gasteiger partial charge on any atom is 0.185 e. The minimum Gasteiger partial charge on any atom is -0.303 e. The maximum atomic E-state index is 13.5. The van der Waals surface area contributed by atoms with Gasteiger partial charge >= 0.3 is 0 Å². The Kier molecular flexibility index (Phi) is 7.37. The number of Topliss-reactive ketones (excluding diaryl/α,β-unsaturated/α-hetero) is 1. The van der Waals surface area contributed by atoms with Crippen molar-refractivity contribution < 1.29 is 4.79 Å². The van der Waals surface area contributed by atoms with Crippen LogP contribution in [-0.4, -0.2) is 27.9 Å². The molecule has 5 heteroatoms. The Morgan fingerprint density at radius 1 is 0.769 bits per heavy atom. The SMILES string of the molecule is CC1(C)C=C(c2ccc(/C=C3\CCC/C(=C\c4ccc(C5=CCC(C)(C)NC5(C)C)s4)C3=O)s2)CC(C)(C)N1. The molecule has 0 bridgehead atoms. The number of rotatable bonds is 4. The Hall–Kier alpha value is -2.05. The van der Waals surface area contributed by atoms with Gasteiger partial charge in [-0.1, -0.05) is 12.2 Å². The molecule has 2 aromatic rings. The molecule has 208 valence electrons. The van der Waals surface area contributed by atoms with Crippen molar-refractivity contribution in [3.63, 3.8) is 0 Å². The van der Waals surface area contributed by atoms with Crippen LogP contribution in [0.1, 0.15) is 107 Å². The summed E-state index contributed by atoms with van der Waals surface area (Å²) in [5.41, 5.74) is 4.70. The van der Waals surface area contributed by atoms with Crippen LogP contribution < -0.4 is 10.6 Å². The van der Waals surface area contributed by atoms with Crippen LogP contribution in [0.25, 0.3) is 23.3 Å². The van der Waals surface area contributed by atoms with E-state index in [1.807, 2.05) is 0 Å². The minimum atomic E-state index is -0.0805. The van der Waals surface area contributed by atoms with Gasteiger partial charge in [-0.2, -0.15) is 0 Å². The number of hydrogen-bond donors (Lipinski definition) is 2. The highest BCUT2D eigenvalue weighted by molar-refractivity contribution is 7.14. The quantitative estimate of drug-likeness (QED) is 0.367. The number of ketones is 1. The van der Waals surface area contributed by atoms with Gasteiger partial charge in [0.1, 0.15) is 0 Å². The van der Waals surface area contributed by atoms with Crippen molar-refractivity contribution in [3.8, 4) is 0 Å². The van der Waals surface area contributed by atoms with Gasteiger partial charge < -0.3 is 10.6 Å². The molecule has 2 aliphatic heterocycles. The van der Waals surface area contributed by atoms with E-state index in [-0.39, 0.29) is 27.9 Å². The van der Waals surface area contributed by atoms with Crippen LogP contribution in [0.3, 0.4) is 0 Å². The summed E-state index contributed by atoms with van der Waals surface area (Å²) in [5, 5.41) is 7.52. The molecule has 0 radical (unpaired) electrons. The summed E-state index contributed by atoms with van der Waals surface area (Å²) in [6.45, 7) is 18.1. The molecule has 0 unspecified atom stereocenters. The third kappa shape index (κ3) is 6.48. The molecule has 0 atom stereocenters. The third-order valence-electron chi connectivity index (χ3n) is 7.91. The lowest BCUT2D eigenvalue weighted by Gasteiger charge is -2.42. The van der Waals surface area contributed by atoms with Crippen molar-refractivity contribution >= 4 is 51.8 Å². The Bertz CT molecular complexity index is 1400. The smallest absolute Gasteiger partial charge is 0.185 e. The van der Waals surface area contributed by atoms with E-state index >= 15 is 0 Å². The topological polar surface area (TPSA) is 41.1 Å². The lowest BCUT2D eigenvalue weighted by Crippen LogP contribution is -2.54. The van der Waals surface area contributed by atoms with E-state index in [9.17, 15) is 4.79 Å². The molecule has 0 aromatic carbocycles. The van der Waals surface area contributed by atoms with Crippen molar-refractivity contribution in [2.45, 2.75) is 110 Å². The Labute approximate surface area is 243 Å². The first kappa shape index (κ1) is 28.5. The minimum absolute atomic E-state index is 0.0310. The standard InChI is InChI=1S/C34H44N2OS2/c1-31(2)17-16-27(34(7,8)36-31)29-15-13-26(39-29)19-23-11-9-10-22(30(23)37)18-25-12-14-28(38-25)24-20-32(3,4)35-33(5,6)21-24/h12-16,18-20,35-36H,9-11,17,21H2,1-8H3/b22-18+,23-19+. The van der Waals surface area contributed by atoms with E-state index in [1.165, 1.54) is 25.8 Å². The van der Waals surface area contributed by atoms with Gasteiger partial charge in [-0.25, -0.2) is 0 Å². The summed E-state index contributed by atoms with van der Waals surface area (Å²) in [7, 11) is 0. The van der Waals surface area contributed by atoms with Crippen LogP contribution >= 0.6 is 22.7 Å². The number of nitrogens with one attached hydrogen (secondary N) is 2. The molecule has 2 aromatic heterocycles. The molecule has 3 nitrogen and oxygen atoms in total. The largest absolute Gasteiger partial charge is 0.303 e. The number of thiophene rings is 2. The zero-order valence-corrected chi connectivity index (χ0v) is 26.5. The maximum absolute atomic E-state index is 13.5. The van der Waals surface area contributed by atoms with Crippen molar-refractivity contribution in [1.82, 2.24) is 10.6 Å². The predicted octanol–water partition coefficient (Wildman–Crippen LogP) is 8.90. The first-order valence-electron chi connectivity index (χ1n) is 14.3. The van der Waals surface area contributed by atoms with Crippen molar-refractivity contribution in [2.75, 3.05) is 0 Å². The normalized spacial score (nSPS) is 26.0. The molecular formula is C34H44N2OS2. The van der Waals surface area contributed by atoms with Crippen LogP contribution in [-0.2, 0) is 4.79 Å². The molecule has 2 N–H and O–H groups in total. The Morgan fingerprint density at radius 3 is 1.95 bits per heavy atom. The first-order chi connectivity index (χ1) is 18.1. The fourth-order valence-electron chi connectivity index (χ4n) is 6.76. The van der Waals surface area contributed by atoms with E-state index in [0.29, 0.717) is 0 Å². The fourth-order valence-corrected chi connectivity index (χ4v) is 8.92. The number of hydrogen-bond acceptors (Lipinski definition) is 5. The zero-order valence-electron chi connectivity index (χ0n) is 24.9. The van der Waals surface area contributed by atoms with Crippen LogP contribution in [0.2, 0.25) is 0 Å². The lowest BCUT2D eigenvalue weighted by atomic mass is 9.82. The van der Waals surface area contributed by atoms with Gasteiger partial charge in [0, 0.05) is 52.8 Å². The molecule has 39 heavy (non-hydrogen) atoms. The second-order valence-electron chi connectivity index (χ2n) is 14.0. The number of carbonyl (C=O) groups is 1. The van der Waals surface area contributed by atoms with E-state index in [1.54, 1.807) is 22.7 Å². The molecular weight excluding hydrogens is 517 g/mol. The molecule has 1 fully saturated rings. The molecule has 0 spiro atoms. The highest BCUT2D eigenvalue weighted by atomic mass is 32.1. The van der Waals surface area contributed by atoms with Crippen molar-refractivity contribution in [2.24, 2.45) is 0 Å². The molecule has 1 saturated carbocycles. The third-order valence-corrected chi connectivity index (χ3v) is 10.1. The second-order valence-corrected chi connectivity index (χ2v) is 16.2.